The number of aryl methyl sites for hydroxylation is 1. The number of carbonyl (C=O) groups excluding carboxylic acids is 3. The first kappa shape index (κ1) is 32.4. The summed E-state index contributed by atoms with van der Waals surface area (Å²) in [6.07, 6.45) is 0.203. The third-order valence-electron chi connectivity index (χ3n) is 7.48. The summed E-state index contributed by atoms with van der Waals surface area (Å²) >= 11 is 0. The van der Waals surface area contributed by atoms with Gasteiger partial charge in [0.15, 0.2) is 0 Å². The average molecular weight is 605 g/mol. The summed E-state index contributed by atoms with van der Waals surface area (Å²) < 4.78 is 14.2. The highest BCUT2D eigenvalue weighted by Crippen LogP contribution is 2.31. The summed E-state index contributed by atoms with van der Waals surface area (Å²) in [5.41, 5.74) is 4.04. The molecule has 44 heavy (non-hydrogen) atoms. The Bertz CT molecular complexity index is 1480. The van der Waals surface area contributed by atoms with E-state index in [1.807, 2.05) is 62.4 Å². The average Bonchev–Trinajstić information content (AvgIpc) is 3.12. The number of nitrogens with zero attached hydrogens (tertiary/aromatic N) is 1. The summed E-state index contributed by atoms with van der Waals surface area (Å²) in [7, 11) is 1.55. The van der Waals surface area contributed by atoms with Crippen molar-refractivity contribution in [1.82, 2.24) is 21.3 Å². The zero-order chi connectivity index (χ0) is 31.9. The lowest BCUT2D eigenvalue weighted by atomic mass is 10.0. The van der Waals surface area contributed by atoms with Crippen LogP contribution in [0.2, 0.25) is 0 Å². The van der Waals surface area contributed by atoms with E-state index in [0.717, 1.165) is 16.7 Å². The lowest BCUT2D eigenvalue weighted by Gasteiger charge is -2.29. The molecule has 1 aliphatic rings. The molecule has 3 aromatic carbocycles. The number of halogens is 1. The number of carbonyl (C=O) groups is 3. The topological polar surface area (TPSA) is 135 Å². The summed E-state index contributed by atoms with van der Waals surface area (Å²) in [6, 6.07) is 17.9. The normalized spacial score (nSPS) is 15.5. The van der Waals surface area contributed by atoms with Crippen molar-refractivity contribution < 1.29 is 23.9 Å². The number of aliphatic hydroxyl groups is 1. The van der Waals surface area contributed by atoms with Gasteiger partial charge < -0.3 is 36.6 Å². The van der Waals surface area contributed by atoms with Gasteiger partial charge in [0.05, 0.1) is 18.3 Å². The number of fused-ring (bicyclic) bond motifs is 1. The van der Waals surface area contributed by atoms with Gasteiger partial charge in [0.2, 0.25) is 5.91 Å². The van der Waals surface area contributed by atoms with E-state index in [1.54, 1.807) is 24.9 Å². The van der Waals surface area contributed by atoms with Crippen LogP contribution in [0, 0.1) is 5.82 Å². The first-order chi connectivity index (χ1) is 21.0. The van der Waals surface area contributed by atoms with Gasteiger partial charge in [-0.25, -0.2) is 14.0 Å². The zero-order valence-corrected chi connectivity index (χ0v) is 25.5. The van der Waals surface area contributed by atoms with E-state index in [1.165, 1.54) is 12.1 Å². The van der Waals surface area contributed by atoms with Crippen LogP contribution in [0.5, 0.6) is 0 Å². The molecule has 0 saturated heterocycles. The molecule has 1 heterocycles. The Labute approximate surface area is 257 Å². The molecule has 4 rings (SSSR count). The molecule has 0 aliphatic carbocycles. The minimum atomic E-state index is -0.819. The molecule has 3 aromatic rings. The van der Waals surface area contributed by atoms with Gasteiger partial charge in [0.1, 0.15) is 11.9 Å². The third-order valence-corrected chi connectivity index (χ3v) is 7.48. The number of benzene rings is 3. The lowest BCUT2D eigenvalue weighted by Crippen LogP contribution is -2.55. The van der Waals surface area contributed by atoms with Gasteiger partial charge in [-0.15, -0.1) is 0 Å². The molecular weight excluding hydrogens is 563 g/mol. The van der Waals surface area contributed by atoms with E-state index in [0.29, 0.717) is 36.3 Å². The second-order valence-corrected chi connectivity index (χ2v) is 11.7. The van der Waals surface area contributed by atoms with Crippen LogP contribution in [0.25, 0.3) is 11.1 Å². The van der Waals surface area contributed by atoms with Crippen LogP contribution in [0.1, 0.15) is 38.3 Å². The standard InChI is InChI=1S/C33H41FN6O4/c1-21(41)18-37-33(2,3)20-36-32(44)39-28-15-13-24-17-25(34)14-16-29(24)40(30(28)42)19-22-9-11-23(12-10-22)26-7-5-6-8-27(26)38-31(43)35-4/h5-12,14,16-17,21,28,37,41H,13,15,18-20H2,1-4H3,(H2,35,38,43)(H2,36,39,44)/t21-,28-/m1/s1. The van der Waals surface area contributed by atoms with Crippen molar-refractivity contribution in [3.8, 4) is 11.1 Å². The maximum atomic E-state index is 14.2. The highest BCUT2D eigenvalue weighted by molar-refractivity contribution is 6.00. The summed E-state index contributed by atoms with van der Waals surface area (Å²) in [6.45, 7) is 6.35. The predicted molar refractivity (Wildman–Crippen MR) is 170 cm³/mol. The van der Waals surface area contributed by atoms with Gasteiger partial charge in [0, 0.05) is 36.9 Å². The minimum absolute atomic E-state index is 0.214. The second-order valence-electron chi connectivity index (χ2n) is 11.7. The van der Waals surface area contributed by atoms with Crippen LogP contribution < -0.4 is 31.5 Å². The quantitative estimate of drug-likeness (QED) is 0.207. The Kier molecular flexibility index (Phi) is 10.6. The van der Waals surface area contributed by atoms with Gasteiger partial charge in [-0.2, -0.15) is 0 Å². The van der Waals surface area contributed by atoms with E-state index in [9.17, 15) is 23.9 Å². The van der Waals surface area contributed by atoms with E-state index >= 15 is 0 Å². The number of β-amino-alcohol motifs (C(OH)–C–C–N with tert-alkyl or cyclic N) is 1. The van der Waals surface area contributed by atoms with Crippen LogP contribution >= 0.6 is 0 Å². The van der Waals surface area contributed by atoms with E-state index in [2.05, 4.69) is 26.6 Å². The number of hydrogen-bond acceptors (Lipinski definition) is 5. The smallest absolute Gasteiger partial charge is 0.318 e. The Morgan fingerprint density at radius 1 is 1.07 bits per heavy atom. The molecule has 6 N–H and O–H groups in total. The highest BCUT2D eigenvalue weighted by atomic mass is 19.1. The monoisotopic (exact) mass is 604 g/mol. The minimum Gasteiger partial charge on any atom is -0.392 e. The van der Waals surface area contributed by atoms with Crippen molar-refractivity contribution in [2.75, 3.05) is 30.4 Å². The van der Waals surface area contributed by atoms with Crippen LogP contribution in [0.15, 0.2) is 66.7 Å². The first-order valence-electron chi connectivity index (χ1n) is 14.7. The molecule has 0 aromatic heterocycles. The molecular formula is C33H41FN6O4. The number of urea groups is 2. The number of hydrogen-bond donors (Lipinski definition) is 6. The number of amides is 5. The molecule has 0 saturated carbocycles. The molecule has 11 heteroatoms. The fraction of sp³-hybridized carbons (Fsp3) is 0.364. The molecule has 2 atom stereocenters. The molecule has 10 nitrogen and oxygen atoms in total. The van der Waals surface area contributed by atoms with Crippen molar-refractivity contribution in [2.24, 2.45) is 0 Å². The van der Waals surface area contributed by atoms with Crippen LogP contribution in [-0.4, -0.2) is 60.9 Å². The molecule has 5 amide bonds. The molecule has 0 unspecified atom stereocenters. The number of rotatable bonds is 10. The van der Waals surface area contributed by atoms with Crippen molar-refractivity contribution in [3.05, 3.63) is 83.7 Å². The molecule has 0 fully saturated rings. The van der Waals surface area contributed by atoms with Gasteiger partial charge in [-0.1, -0.05) is 42.5 Å². The largest absolute Gasteiger partial charge is 0.392 e. The van der Waals surface area contributed by atoms with E-state index in [-0.39, 0.29) is 30.8 Å². The number of anilines is 2. The third kappa shape index (κ3) is 8.55. The van der Waals surface area contributed by atoms with Crippen molar-refractivity contribution >= 4 is 29.3 Å². The van der Waals surface area contributed by atoms with Crippen molar-refractivity contribution in [3.63, 3.8) is 0 Å². The zero-order valence-electron chi connectivity index (χ0n) is 25.5. The van der Waals surface area contributed by atoms with Gasteiger partial charge >= 0.3 is 12.1 Å². The Morgan fingerprint density at radius 3 is 2.50 bits per heavy atom. The number of nitrogens with one attached hydrogen (secondary N) is 5. The number of aliphatic hydroxyl groups excluding tert-OH is 1. The summed E-state index contributed by atoms with van der Waals surface area (Å²) in [5.74, 6) is -0.679. The molecule has 1 aliphatic heterocycles. The Hall–Kier alpha value is -4.48. The maximum Gasteiger partial charge on any atom is 0.318 e. The van der Waals surface area contributed by atoms with Crippen molar-refractivity contribution in [2.45, 2.75) is 57.8 Å². The second kappa shape index (κ2) is 14.3. The molecule has 0 spiro atoms. The molecule has 0 radical (unpaired) electrons. The SMILES string of the molecule is CNC(=O)Nc1ccccc1-c1ccc(CN2C(=O)[C@H](NC(=O)NCC(C)(C)NC[C@@H](C)O)CCc3cc(F)ccc32)cc1. The van der Waals surface area contributed by atoms with Gasteiger partial charge in [-0.3, -0.25) is 4.79 Å². The Balaban J connectivity index is 1.51. The van der Waals surface area contributed by atoms with Crippen LogP contribution in [0.4, 0.5) is 25.4 Å². The summed E-state index contributed by atoms with van der Waals surface area (Å²) in [4.78, 5) is 40.3. The van der Waals surface area contributed by atoms with Gasteiger partial charge in [-0.05, 0) is 74.6 Å². The molecule has 234 valence electrons. The summed E-state index contributed by atoms with van der Waals surface area (Å²) in [5, 5.41) is 23.8. The van der Waals surface area contributed by atoms with Gasteiger partial charge in [0.25, 0.3) is 0 Å². The highest BCUT2D eigenvalue weighted by Gasteiger charge is 2.32. The Morgan fingerprint density at radius 2 is 1.80 bits per heavy atom. The van der Waals surface area contributed by atoms with Crippen LogP contribution in [0.3, 0.4) is 0 Å². The van der Waals surface area contributed by atoms with E-state index in [4.69, 9.17) is 0 Å². The fourth-order valence-corrected chi connectivity index (χ4v) is 5.04. The van der Waals surface area contributed by atoms with Crippen molar-refractivity contribution in [1.29, 1.82) is 0 Å². The van der Waals surface area contributed by atoms with E-state index < -0.39 is 23.7 Å². The predicted octanol–water partition coefficient (Wildman–Crippen LogP) is 4.14. The number of para-hydroxylation sites is 1. The van der Waals surface area contributed by atoms with Crippen LogP contribution in [-0.2, 0) is 17.8 Å². The molecule has 0 bridgehead atoms. The lowest BCUT2D eigenvalue weighted by molar-refractivity contribution is -0.120. The first-order valence-corrected chi connectivity index (χ1v) is 14.7. The fourth-order valence-electron chi connectivity index (χ4n) is 5.04. The maximum absolute atomic E-state index is 14.2.